The van der Waals surface area contributed by atoms with Gasteiger partial charge in [0.1, 0.15) is 0 Å². The average Bonchev–Trinajstić information content (AvgIpc) is 3.55. The average molecular weight is 808 g/mol. The molecule has 0 aliphatic heterocycles. The summed E-state index contributed by atoms with van der Waals surface area (Å²) in [5.74, 6) is 0. The van der Waals surface area contributed by atoms with E-state index in [0.29, 0.717) is 55.6 Å². The third kappa shape index (κ3) is 7.93. The molecule has 0 saturated heterocycles. The maximum Gasteiger partial charge on any atom is 0.216 e. The molecule has 4 aromatic heterocycles. The van der Waals surface area contributed by atoms with Crippen molar-refractivity contribution in [3.63, 3.8) is 0 Å². The van der Waals surface area contributed by atoms with Crippen molar-refractivity contribution in [2.45, 2.75) is 54.6 Å². The van der Waals surface area contributed by atoms with Crippen molar-refractivity contribution in [1.29, 1.82) is 0 Å². The Hall–Kier alpha value is -4.44. The van der Waals surface area contributed by atoms with E-state index in [1.807, 2.05) is 20.8 Å². The van der Waals surface area contributed by atoms with Gasteiger partial charge in [-0.2, -0.15) is 0 Å². The van der Waals surface area contributed by atoms with E-state index < -0.39 is 39.2 Å². The van der Waals surface area contributed by atoms with Crippen LogP contribution in [0.5, 0.6) is 0 Å². The van der Waals surface area contributed by atoms with Crippen LogP contribution in [0.3, 0.4) is 0 Å². The second kappa shape index (κ2) is 14.1. The van der Waals surface area contributed by atoms with Gasteiger partial charge in [0.05, 0.1) is 5.58 Å². The zero-order chi connectivity index (χ0) is 44.2. The molecule has 1 radical (unpaired) electrons. The van der Waals surface area contributed by atoms with Gasteiger partial charge in [-0.3, -0.25) is 0 Å². The Morgan fingerprint density at radius 3 is 2.28 bits per heavy atom. The summed E-state index contributed by atoms with van der Waals surface area (Å²) in [4.78, 5) is 12.7. The minimum Gasteiger partial charge on any atom is -0.486 e. The Labute approximate surface area is 311 Å². The van der Waals surface area contributed by atoms with Crippen molar-refractivity contribution in [3.05, 3.63) is 137 Å². The molecular weight excluding hydrogens is 755 g/mol. The fourth-order valence-corrected chi connectivity index (χ4v) is 4.95. The van der Waals surface area contributed by atoms with Gasteiger partial charge in [-0.25, -0.2) is 4.98 Å². The Bertz CT molecular complexity index is 2590. The molecule has 0 amide bonds. The molecule has 0 saturated carbocycles. The number of pyridine rings is 3. The van der Waals surface area contributed by atoms with Crippen LogP contribution in [0.15, 0.2) is 102 Å². The summed E-state index contributed by atoms with van der Waals surface area (Å²) in [6.45, 7) is -3.67. The van der Waals surface area contributed by atoms with Crippen LogP contribution in [0, 0.1) is 45.0 Å². The van der Waals surface area contributed by atoms with E-state index in [4.69, 9.17) is 23.6 Å². The maximum atomic E-state index is 8.57. The van der Waals surface area contributed by atoms with Crippen LogP contribution < -0.4 is 0 Å². The van der Waals surface area contributed by atoms with Crippen molar-refractivity contribution in [2.24, 2.45) is 5.41 Å². The number of hydrogen-bond donors (Lipinski definition) is 0. The predicted molar refractivity (Wildman–Crippen MR) is 190 cm³/mol. The Morgan fingerprint density at radius 1 is 0.787 bits per heavy atom. The Balaban J connectivity index is 0.000000282. The second-order valence-corrected chi connectivity index (χ2v) is 11.7. The number of furan rings is 1. The molecule has 5 heteroatoms. The molecule has 0 N–H and O–H groups in total. The molecule has 0 atom stereocenters. The van der Waals surface area contributed by atoms with E-state index in [-0.39, 0.29) is 48.2 Å². The fourth-order valence-electron chi connectivity index (χ4n) is 4.95. The summed E-state index contributed by atoms with van der Waals surface area (Å²) >= 11 is 0. The SMILES string of the molecule is [2H]C([2H])([2H])c1c[c-]c(-c2ccc(C([2H])([2H])[2H])cn2)cc1.[2H]C([2H])([2H])c1ccc2c(n1)oc1c(-c3cc(-c4ccc(C([2H])([2H])C(C)(C)C)cc4)c(C([2H])([2H])[2H])cn3)[c-]ccc12.[Ir]. The first-order chi connectivity index (χ1) is 27.7. The number of rotatable bonds is 4. The summed E-state index contributed by atoms with van der Waals surface area (Å²) < 4.78 is 114. The standard InChI is InChI=1S/C29H27N2O.C13H12N.Ir/c1-18-17-30-26(15-25(18)21-12-10-20(11-13-21)16-29(3,4)5)24-8-6-7-22-23-14-9-19(2)31-28(23)32-27(22)24;1-10-3-6-12(7-4-10)13-8-5-11(2)9-14-13;/h6-7,9-15,17H,16H2,1-5H3;3-6,8-9H,1-2H3;/q2*-1;/i1D3,2D3,16D2;1D3,2D3;. The summed E-state index contributed by atoms with van der Waals surface area (Å²) in [6, 6.07) is 28.7. The molecule has 0 bridgehead atoms. The summed E-state index contributed by atoms with van der Waals surface area (Å²) in [5, 5.41) is 1.34. The van der Waals surface area contributed by atoms with E-state index in [9.17, 15) is 0 Å². The normalized spacial score (nSPS) is 17.0. The van der Waals surface area contributed by atoms with Crippen LogP contribution in [0.4, 0.5) is 0 Å². The topological polar surface area (TPSA) is 51.8 Å². The minimum absolute atomic E-state index is 0. The van der Waals surface area contributed by atoms with Gasteiger partial charge in [-0.1, -0.05) is 81.0 Å². The maximum absolute atomic E-state index is 8.57. The van der Waals surface area contributed by atoms with Crippen LogP contribution in [-0.2, 0) is 26.5 Å². The molecule has 7 rings (SSSR count). The van der Waals surface area contributed by atoms with Gasteiger partial charge in [0.25, 0.3) is 0 Å². The van der Waals surface area contributed by atoms with E-state index in [1.54, 1.807) is 60.7 Å². The van der Waals surface area contributed by atoms with Crippen LogP contribution in [0.1, 0.15) is 67.9 Å². The summed E-state index contributed by atoms with van der Waals surface area (Å²) in [6.07, 6.45) is 1.02. The molecular formula is C42H39IrN3O-2. The summed E-state index contributed by atoms with van der Waals surface area (Å²) in [5.41, 5.74) is 3.89. The zero-order valence-corrected chi connectivity index (χ0v) is 28.2. The molecule has 0 aliphatic carbocycles. The third-order valence-corrected chi connectivity index (χ3v) is 7.03. The second-order valence-electron chi connectivity index (χ2n) is 11.7. The fraction of sp³-hybridized carbons (Fsp3) is 0.214. The first-order valence-corrected chi connectivity index (χ1v) is 14.5. The monoisotopic (exact) mass is 808 g/mol. The van der Waals surface area contributed by atoms with Gasteiger partial charge >= 0.3 is 0 Å². The molecule has 0 spiro atoms. The zero-order valence-electron chi connectivity index (χ0n) is 39.8. The van der Waals surface area contributed by atoms with Crippen LogP contribution in [0.25, 0.3) is 55.7 Å². The van der Waals surface area contributed by atoms with E-state index in [0.717, 1.165) is 0 Å². The van der Waals surface area contributed by atoms with Crippen molar-refractivity contribution in [3.8, 4) is 33.6 Å². The first kappa shape index (κ1) is 20.0. The van der Waals surface area contributed by atoms with Crippen molar-refractivity contribution < 1.29 is 43.7 Å². The summed E-state index contributed by atoms with van der Waals surface area (Å²) in [7, 11) is 0. The van der Waals surface area contributed by atoms with E-state index >= 15 is 0 Å². The van der Waals surface area contributed by atoms with Crippen molar-refractivity contribution >= 4 is 22.1 Å². The van der Waals surface area contributed by atoms with E-state index in [2.05, 4.69) is 27.1 Å². The number of hydrogen-bond acceptors (Lipinski definition) is 4. The number of fused-ring (bicyclic) bond motifs is 3. The van der Waals surface area contributed by atoms with Gasteiger partial charge in [0.15, 0.2) is 0 Å². The number of nitrogens with zero attached hydrogens (tertiary/aromatic N) is 3. The van der Waals surface area contributed by atoms with Gasteiger partial charge in [-0.15, -0.1) is 53.6 Å². The molecule has 0 unspecified atom stereocenters. The predicted octanol–water partition coefficient (Wildman–Crippen LogP) is 10.9. The Morgan fingerprint density at radius 2 is 1.60 bits per heavy atom. The van der Waals surface area contributed by atoms with Crippen LogP contribution >= 0.6 is 0 Å². The molecule has 0 fully saturated rings. The number of aromatic nitrogens is 3. The molecule has 47 heavy (non-hydrogen) atoms. The van der Waals surface area contributed by atoms with Crippen LogP contribution in [-0.4, -0.2) is 15.0 Å². The Kier molecular flexibility index (Phi) is 6.03. The molecule has 0 aliphatic rings. The smallest absolute Gasteiger partial charge is 0.216 e. The molecule has 7 aromatic rings. The molecule has 239 valence electrons. The first-order valence-electron chi connectivity index (χ1n) is 21.5. The molecule has 3 aromatic carbocycles. The third-order valence-electron chi connectivity index (χ3n) is 7.03. The number of aryl methyl sites for hydroxylation is 4. The van der Waals surface area contributed by atoms with E-state index in [1.165, 1.54) is 36.7 Å². The van der Waals surface area contributed by atoms with Crippen molar-refractivity contribution in [1.82, 2.24) is 15.0 Å². The minimum atomic E-state index is -2.44. The molecule has 4 heterocycles. The van der Waals surface area contributed by atoms with Gasteiger partial charge in [0, 0.05) is 62.8 Å². The largest absolute Gasteiger partial charge is 0.486 e. The van der Waals surface area contributed by atoms with Gasteiger partial charge < -0.3 is 14.4 Å². The van der Waals surface area contributed by atoms with Gasteiger partial charge in [0.2, 0.25) is 5.71 Å². The van der Waals surface area contributed by atoms with Crippen molar-refractivity contribution in [2.75, 3.05) is 0 Å². The van der Waals surface area contributed by atoms with Gasteiger partial charge in [-0.05, 0) is 83.7 Å². The van der Waals surface area contributed by atoms with Crippen LogP contribution in [0.2, 0.25) is 0 Å². The molecule has 4 nitrogen and oxygen atoms in total. The number of benzene rings is 3. The quantitative estimate of drug-likeness (QED) is 0.166.